The Morgan fingerprint density at radius 2 is 1.41 bits per heavy atom. The van der Waals surface area contributed by atoms with Gasteiger partial charge in [0.25, 0.3) is 0 Å². The van der Waals surface area contributed by atoms with E-state index in [0.29, 0.717) is 6.42 Å². The number of nitrogens with zero attached hydrogens (tertiary/aromatic N) is 1. The second kappa shape index (κ2) is 10.6. The third-order valence-electron chi connectivity index (χ3n) is 4.35. The number of hydrogen-bond donors (Lipinski definition) is 0. The van der Waals surface area contributed by atoms with Crippen LogP contribution in [0.4, 0.5) is 0 Å². The molecule has 0 aliphatic carbocycles. The molecule has 5 heteroatoms. The first-order chi connectivity index (χ1) is 10.0. The van der Waals surface area contributed by atoms with Crippen LogP contribution in [0.3, 0.4) is 0 Å². The highest BCUT2D eigenvalue weighted by atomic mass is 32.2. The fraction of sp³-hybridized carbons (Fsp3) is 1.00. The molecule has 0 heterocycles. The van der Waals surface area contributed by atoms with Crippen molar-refractivity contribution in [3.8, 4) is 0 Å². The minimum atomic E-state index is -4.04. The van der Waals surface area contributed by atoms with Crippen LogP contribution in [0.25, 0.3) is 0 Å². The monoisotopic (exact) mass is 335 g/mol. The van der Waals surface area contributed by atoms with Crippen molar-refractivity contribution >= 4 is 10.1 Å². The third kappa shape index (κ3) is 14.8. The zero-order chi connectivity index (χ0) is 17.2. The molecule has 0 aliphatic heterocycles. The first kappa shape index (κ1) is 21.9. The molecule has 1 unspecified atom stereocenters. The maximum absolute atomic E-state index is 10.6. The molecule has 0 aromatic carbocycles. The quantitative estimate of drug-likeness (QED) is 0.293. The van der Waals surface area contributed by atoms with Gasteiger partial charge in [0.05, 0.1) is 37.3 Å². The van der Waals surface area contributed by atoms with E-state index in [0.717, 1.165) is 35.8 Å². The van der Waals surface area contributed by atoms with Crippen molar-refractivity contribution in [2.24, 2.45) is 11.8 Å². The Bertz CT molecular complexity index is 377. The molecular formula is C17H37NO3S. The second-order valence-corrected chi connectivity index (χ2v) is 9.45. The molecule has 0 saturated carbocycles. The minimum Gasteiger partial charge on any atom is -0.748 e. The molecule has 4 nitrogen and oxygen atoms in total. The molecule has 0 bridgehead atoms. The zero-order valence-corrected chi connectivity index (χ0v) is 16.1. The van der Waals surface area contributed by atoms with Crippen LogP contribution in [0, 0.1) is 11.8 Å². The Kier molecular flexibility index (Phi) is 10.5. The summed E-state index contributed by atoms with van der Waals surface area (Å²) in [5, 5.41) is 0. The van der Waals surface area contributed by atoms with Crippen LogP contribution in [0.5, 0.6) is 0 Å². The summed E-state index contributed by atoms with van der Waals surface area (Å²) in [4.78, 5) is 0. The van der Waals surface area contributed by atoms with E-state index in [-0.39, 0.29) is 5.75 Å². The van der Waals surface area contributed by atoms with Gasteiger partial charge in [-0.15, -0.1) is 0 Å². The fourth-order valence-electron chi connectivity index (χ4n) is 2.82. The van der Waals surface area contributed by atoms with Crippen LogP contribution in [0.2, 0.25) is 0 Å². The summed E-state index contributed by atoms with van der Waals surface area (Å²) in [6.45, 7) is 8.97. The molecule has 0 saturated heterocycles. The van der Waals surface area contributed by atoms with E-state index < -0.39 is 10.1 Å². The number of hydrogen-bond acceptors (Lipinski definition) is 3. The molecule has 0 radical (unpaired) electrons. The normalized spacial score (nSPS) is 14.5. The van der Waals surface area contributed by atoms with E-state index in [4.69, 9.17) is 0 Å². The molecule has 0 amide bonds. The molecule has 22 heavy (non-hydrogen) atoms. The minimum absolute atomic E-state index is 0.222. The molecular weight excluding hydrogens is 298 g/mol. The average Bonchev–Trinajstić information content (AvgIpc) is 2.33. The standard InChI is InChI=1S/C17H37NO3S/c1-16(2)10-8-11-17(3)12-9-14-18(4,5)13-6-7-15-22(19,20)21/h16-17H,6-15H2,1-5H3. The van der Waals surface area contributed by atoms with Crippen LogP contribution >= 0.6 is 0 Å². The molecule has 134 valence electrons. The molecule has 0 aliphatic rings. The molecule has 0 fully saturated rings. The Morgan fingerprint density at radius 1 is 0.864 bits per heavy atom. The predicted octanol–water partition coefficient (Wildman–Crippen LogP) is 3.63. The van der Waals surface area contributed by atoms with Crippen LogP contribution in [-0.2, 0) is 10.1 Å². The lowest BCUT2D eigenvalue weighted by atomic mass is 9.96. The summed E-state index contributed by atoms with van der Waals surface area (Å²) in [5.74, 6) is 1.38. The van der Waals surface area contributed by atoms with Crippen molar-refractivity contribution in [1.82, 2.24) is 0 Å². The lowest BCUT2D eigenvalue weighted by Gasteiger charge is -2.30. The van der Waals surface area contributed by atoms with Crippen LogP contribution in [0.1, 0.15) is 65.7 Å². The van der Waals surface area contributed by atoms with E-state index in [9.17, 15) is 13.0 Å². The number of rotatable bonds is 13. The van der Waals surface area contributed by atoms with Crippen LogP contribution < -0.4 is 0 Å². The highest BCUT2D eigenvalue weighted by Crippen LogP contribution is 2.17. The van der Waals surface area contributed by atoms with Crippen LogP contribution in [-0.4, -0.2) is 50.4 Å². The fourth-order valence-corrected chi connectivity index (χ4v) is 3.37. The van der Waals surface area contributed by atoms with Gasteiger partial charge in [-0.1, -0.05) is 40.0 Å². The average molecular weight is 336 g/mol. The lowest BCUT2D eigenvalue weighted by molar-refractivity contribution is -0.890. The van der Waals surface area contributed by atoms with E-state index >= 15 is 0 Å². The van der Waals surface area contributed by atoms with Gasteiger partial charge in [0.15, 0.2) is 0 Å². The van der Waals surface area contributed by atoms with Gasteiger partial charge < -0.3 is 9.04 Å². The maximum atomic E-state index is 10.6. The van der Waals surface area contributed by atoms with Gasteiger partial charge in [0.2, 0.25) is 0 Å². The molecule has 1 atom stereocenters. The van der Waals surface area contributed by atoms with Crippen molar-refractivity contribution in [2.75, 3.05) is 32.9 Å². The lowest BCUT2D eigenvalue weighted by Crippen LogP contribution is -2.41. The van der Waals surface area contributed by atoms with Crippen LogP contribution in [0.15, 0.2) is 0 Å². The number of quaternary nitrogens is 1. The number of unbranched alkanes of at least 4 members (excludes halogenated alkanes) is 1. The second-order valence-electron chi connectivity index (χ2n) is 7.92. The third-order valence-corrected chi connectivity index (χ3v) is 5.14. The van der Waals surface area contributed by atoms with Crippen molar-refractivity contribution in [3.63, 3.8) is 0 Å². The SMILES string of the molecule is CC(C)CCCC(C)CCC[N+](C)(C)CCCCS(=O)(=O)[O-]. The van der Waals surface area contributed by atoms with Gasteiger partial charge in [-0.3, -0.25) is 0 Å². The van der Waals surface area contributed by atoms with Gasteiger partial charge in [-0.25, -0.2) is 8.42 Å². The highest BCUT2D eigenvalue weighted by Gasteiger charge is 2.15. The van der Waals surface area contributed by atoms with Gasteiger partial charge in [0, 0.05) is 5.75 Å². The first-order valence-corrected chi connectivity index (χ1v) is 10.3. The van der Waals surface area contributed by atoms with Gasteiger partial charge in [-0.2, -0.15) is 0 Å². The van der Waals surface area contributed by atoms with Crippen molar-refractivity contribution in [3.05, 3.63) is 0 Å². The summed E-state index contributed by atoms with van der Waals surface area (Å²) >= 11 is 0. The van der Waals surface area contributed by atoms with Crippen molar-refractivity contribution in [2.45, 2.75) is 65.7 Å². The van der Waals surface area contributed by atoms with Crippen molar-refractivity contribution in [1.29, 1.82) is 0 Å². The molecule has 0 spiro atoms. The summed E-state index contributed by atoms with van der Waals surface area (Å²) in [5.41, 5.74) is 0. The van der Waals surface area contributed by atoms with E-state index in [2.05, 4.69) is 34.9 Å². The Morgan fingerprint density at radius 3 is 1.95 bits per heavy atom. The summed E-state index contributed by atoms with van der Waals surface area (Å²) in [6, 6.07) is 0. The molecule has 0 aromatic rings. The largest absolute Gasteiger partial charge is 0.748 e. The summed E-state index contributed by atoms with van der Waals surface area (Å²) in [7, 11) is 0.337. The molecule has 0 rings (SSSR count). The summed E-state index contributed by atoms with van der Waals surface area (Å²) in [6.07, 6.45) is 7.77. The van der Waals surface area contributed by atoms with Gasteiger partial charge >= 0.3 is 0 Å². The highest BCUT2D eigenvalue weighted by molar-refractivity contribution is 7.85. The van der Waals surface area contributed by atoms with E-state index in [1.54, 1.807) is 0 Å². The van der Waals surface area contributed by atoms with E-state index in [1.165, 1.54) is 32.1 Å². The smallest absolute Gasteiger partial charge is 0.0945 e. The van der Waals surface area contributed by atoms with Crippen molar-refractivity contribution < 1.29 is 17.5 Å². The topological polar surface area (TPSA) is 57.2 Å². The Hall–Kier alpha value is -0.130. The Balaban J connectivity index is 3.74. The summed E-state index contributed by atoms with van der Waals surface area (Å²) < 4.78 is 32.6. The Labute approximate surface area is 138 Å². The zero-order valence-electron chi connectivity index (χ0n) is 15.3. The maximum Gasteiger partial charge on any atom is 0.0945 e. The van der Waals surface area contributed by atoms with E-state index in [1.807, 2.05) is 0 Å². The first-order valence-electron chi connectivity index (χ1n) is 8.77. The molecule has 0 aromatic heterocycles. The van der Waals surface area contributed by atoms with Gasteiger partial charge in [-0.05, 0) is 37.5 Å². The molecule has 0 N–H and O–H groups in total. The van der Waals surface area contributed by atoms with Gasteiger partial charge in [0.1, 0.15) is 0 Å². The predicted molar refractivity (Wildman–Crippen MR) is 92.7 cm³/mol.